The Bertz CT molecular complexity index is 1130. The highest BCUT2D eigenvalue weighted by atomic mass is 31.2. The molecule has 1 aliphatic rings. The number of ether oxygens (including phenoxy) is 2. The molecular weight excluding hydrogens is 491 g/mol. The van der Waals surface area contributed by atoms with Crippen molar-refractivity contribution in [2.24, 2.45) is 11.8 Å². The van der Waals surface area contributed by atoms with Gasteiger partial charge in [0.2, 0.25) is 0 Å². The van der Waals surface area contributed by atoms with E-state index in [-0.39, 0.29) is 19.2 Å². The number of hydrogen-bond donors (Lipinski definition) is 0. The van der Waals surface area contributed by atoms with Gasteiger partial charge in [-0.05, 0) is 49.0 Å². The molecule has 3 aromatic rings. The first kappa shape index (κ1) is 27.9. The molecule has 0 aromatic heterocycles. The van der Waals surface area contributed by atoms with Crippen LogP contribution >= 0.6 is 6.89 Å². The van der Waals surface area contributed by atoms with Gasteiger partial charge in [-0.25, -0.2) is 4.79 Å². The first-order valence-electron chi connectivity index (χ1n) is 13.9. The Morgan fingerprint density at radius 2 is 1.16 bits per heavy atom. The minimum Gasteiger partial charge on any atom is -0.466 e. The summed E-state index contributed by atoms with van der Waals surface area (Å²) < 4.78 is 11.5. The van der Waals surface area contributed by atoms with Crippen molar-refractivity contribution in [3.05, 3.63) is 91.0 Å². The van der Waals surface area contributed by atoms with Crippen LogP contribution in [-0.2, 0) is 19.1 Å². The number of carbonyl (C=O) groups excluding carboxylic acids is 2. The van der Waals surface area contributed by atoms with E-state index in [1.165, 1.54) is 6.42 Å². The van der Waals surface area contributed by atoms with Gasteiger partial charge in [-0.2, -0.15) is 0 Å². The average molecular weight is 531 g/mol. The van der Waals surface area contributed by atoms with Crippen LogP contribution in [-0.4, -0.2) is 30.4 Å². The standard InChI is InChI=1S/C33H39O4P/c1-3-36-32(34)30(25-26-17-9-5-10-18-26)31(33(35)37-4-2)38(27-19-11-6-12-20-27,28-21-13-7-14-22-28)29-23-15-8-16-24-29/h6-8,11-16,19-24,26,30H,3-5,9-10,17-18,25H2,1-2H3. The van der Waals surface area contributed by atoms with Crippen LogP contribution in [0.3, 0.4) is 0 Å². The number of hydrogen-bond acceptors (Lipinski definition) is 4. The molecule has 0 spiro atoms. The van der Waals surface area contributed by atoms with Crippen LogP contribution in [0.25, 0.3) is 0 Å². The lowest BCUT2D eigenvalue weighted by molar-refractivity contribution is -0.147. The van der Waals surface area contributed by atoms with E-state index in [0.29, 0.717) is 17.6 Å². The zero-order valence-corrected chi connectivity index (χ0v) is 23.4. The molecule has 4 nitrogen and oxygen atoms in total. The summed E-state index contributed by atoms with van der Waals surface area (Å²) in [5, 5.41) is 3.63. The van der Waals surface area contributed by atoms with Gasteiger partial charge in [-0.15, -0.1) is 0 Å². The van der Waals surface area contributed by atoms with E-state index in [1.807, 2.05) is 68.4 Å². The third kappa shape index (κ3) is 5.97. The van der Waals surface area contributed by atoms with Crippen LogP contribution in [0.4, 0.5) is 0 Å². The van der Waals surface area contributed by atoms with Gasteiger partial charge in [0.05, 0.1) is 24.4 Å². The minimum atomic E-state index is -2.81. The lowest BCUT2D eigenvalue weighted by Gasteiger charge is -2.35. The first-order valence-corrected chi connectivity index (χ1v) is 15.7. The highest BCUT2D eigenvalue weighted by Gasteiger charge is 2.42. The van der Waals surface area contributed by atoms with Crippen molar-refractivity contribution < 1.29 is 19.1 Å². The van der Waals surface area contributed by atoms with Crippen LogP contribution in [0, 0.1) is 11.8 Å². The van der Waals surface area contributed by atoms with Crippen LogP contribution < -0.4 is 15.9 Å². The van der Waals surface area contributed by atoms with Crippen molar-refractivity contribution in [3.8, 4) is 0 Å². The van der Waals surface area contributed by atoms with E-state index < -0.39 is 18.8 Å². The van der Waals surface area contributed by atoms with E-state index in [0.717, 1.165) is 41.6 Å². The summed E-state index contributed by atoms with van der Waals surface area (Å²) in [6, 6.07) is 30.6. The lowest BCUT2D eigenvalue weighted by Crippen LogP contribution is -2.42. The van der Waals surface area contributed by atoms with Crippen molar-refractivity contribution in [3.63, 3.8) is 0 Å². The quantitative estimate of drug-likeness (QED) is 0.243. The van der Waals surface area contributed by atoms with Gasteiger partial charge in [-0.1, -0.05) is 123 Å². The molecule has 0 heterocycles. The molecule has 1 fully saturated rings. The molecule has 1 aliphatic carbocycles. The van der Waals surface area contributed by atoms with Crippen molar-refractivity contribution in [2.45, 2.75) is 52.4 Å². The van der Waals surface area contributed by atoms with Gasteiger partial charge in [0.1, 0.15) is 0 Å². The van der Waals surface area contributed by atoms with E-state index in [4.69, 9.17) is 9.47 Å². The van der Waals surface area contributed by atoms with E-state index in [2.05, 4.69) is 36.4 Å². The summed E-state index contributed by atoms with van der Waals surface area (Å²) in [5.41, 5.74) is 0. The number of carbonyl (C=O) groups is 2. The maximum Gasteiger partial charge on any atom is 0.335 e. The molecule has 0 N–H and O–H groups in total. The van der Waals surface area contributed by atoms with Crippen molar-refractivity contribution in [1.82, 2.24) is 0 Å². The molecule has 1 unspecified atom stereocenters. The Hall–Kier alpha value is -3.10. The van der Waals surface area contributed by atoms with Crippen molar-refractivity contribution in [1.29, 1.82) is 0 Å². The van der Waals surface area contributed by atoms with Gasteiger partial charge in [0.25, 0.3) is 0 Å². The Kier molecular flexibility index (Phi) is 10.0. The van der Waals surface area contributed by atoms with E-state index in [1.54, 1.807) is 0 Å². The number of benzene rings is 3. The van der Waals surface area contributed by atoms with Crippen molar-refractivity contribution in [2.75, 3.05) is 13.2 Å². The highest BCUT2D eigenvalue weighted by Crippen LogP contribution is 2.49. The SMILES string of the molecule is CCOC(=O)C(C(CC1CCCCC1)C(=O)OCC)=P(c1ccccc1)(c1ccccc1)c1ccccc1. The molecule has 1 atom stereocenters. The molecule has 200 valence electrons. The zero-order chi connectivity index (χ0) is 26.8. The monoisotopic (exact) mass is 530 g/mol. The molecule has 0 amide bonds. The fourth-order valence-corrected chi connectivity index (χ4v) is 10.5. The highest BCUT2D eigenvalue weighted by molar-refractivity contribution is 7.96. The molecule has 0 saturated heterocycles. The smallest absolute Gasteiger partial charge is 0.335 e. The molecule has 38 heavy (non-hydrogen) atoms. The third-order valence-electron chi connectivity index (χ3n) is 7.47. The summed E-state index contributed by atoms with van der Waals surface area (Å²) in [6.45, 7) is 1.34. The van der Waals surface area contributed by atoms with Crippen LogP contribution in [0.5, 0.6) is 0 Å². The summed E-state index contributed by atoms with van der Waals surface area (Å²) in [6.07, 6.45) is 6.28. The minimum absolute atomic E-state index is 0.236. The summed E-state index contributed by atoms with van der Waals surface area (Å²) >= 11 is 0. The van der Waals surface area contributed by atoms with Gasteiger partial charge in [0, 0.05) is 0 Å². The molecule has 3 aromatic carbocycles. The Morgan fingerprint density at radius 3 is 1.58 bits per heavy atom. The van der Waals surface area contributed by atoms with E-state index >= 15 is 0 Å². The Balaban J connectivity index is 2.16. The Labute approximate surface area is 227 Å². The predicted molar refractivity (Wildman–Crippen MR) is 158 cm³/mol. The molecule has 4 rings (SSSR count). The first-order chi connectivity index (χ1) is 18.6. The molecule has 1 saturated carbocycles. The second kappa shape index (κ2) is 13.6. The van der Waals surface area contributed by atoms with Gasteiger partial charge >= 0.3 is 11.9 Å². The maximum atomic E-state index is 14.3. The summed E-state index contributed by atoms with van der Waals surface area (Å²) in [4.78, 5) is 28.1. The second-order valence-electron chi connectivity index (χ2n) is 9.83. The lowest BCUT2D eigenvalue weighted by atomic mass is 9.82. The predicted octanol–water partition coefficient (Wildman–Crippen LogP) is 5.87. The van der Waals surface area contributed by atoms with Crippen LogP contribution in [0.1, 0.15) is 52.4 Å². The largest absolute Gasteiger partial charge is 0.466 e. The summed E-state index contributed by atoms with van der Waals surface area (Å²) in [7, 11) is 0. The van der Waals surface area contributed by atoms with Crippen molar-refractivity contribution >= 4 is 40.0 Å². The van der Waals surface area contributed by atoms with Gasteiger partial charge in [-0.3, -0.25) is 4.79 Å². The van der Waals surface area contributed by atoms with E-state index in [9.17, 15) is 9.59 Å². The molecule has 0 radical (unpaired) electrons. The number of esters is 2. The normalized spacial score (nSPS) is 14.9. The zero-order valence-electron chi connectivity index (χ0n) is 22.6. The third-order valence-corrected chi connectivity index (χ3v) is 11.9. The average Bonchev–Trinajstić information content (AvgIpc) is 2.97. The molecule has 5 heteroatoms. The molecular formula is C33H39O4P. The molecule has 0 aliphatic heterocycles. The van der Waals surface area contributed by atoms with Gasteiger partial charge < -0.3 is 9.47 Å². The van der Waals surface area contributed by atoms with Crippen LogP contribution in [0.15, 0.2) is 91.0 Å². The Morgan fingerprint density at radius 1 is 0.711 bits per heavy atom. The fraction of sp³-hybridized carbons (Fsp3) is 0.364. The van der Waals surface area contributed by atoms with Gasteiger partial charge in [0.15, 0.2) is 0 Å². The maximum absolute atomic E-state index is 14.3. The molecule has 0 bridgehead atoms. The fourth-order valence-electron chi connectivity index (χ4n) is 5.86. The number of rotatable bonds is 10. The summed E-state index contributed by atoms with van der Waals surface area (Å²) in [5.74, 6) is -1.04. The second-order valence-corrected chi connectivity index (χ2v) is 13.2. The topological polar surface area (TPSA) is 52.6 Å². The van der Waals surface area contributed by atoms with Crippen LogP contribution in [0.2, 0.25) is 0 Å².